The van der Waals surface area contributed by atoms with Gasteiger partial charge in [-0.2, -0.15) is 0 Å². The minimum absolute atomic E-state index is 0.221. The van der Waals surface area contributed by atoms with E-state index in [1.807, 2.05) is 18.1 Å². The summed E-state index contributed by atoms with van der Waals surface area (Å²) < 4.78 is 0. The van der Waals surface area contributed by atoms with Crippen LogP contribution < -0.4 is 0 Å². The number of amides is 1. The Bertz CT molecular complexity index is 596. The number of hydrogen-bond donors (Lipinski definition) is 1. The molecule has 1 amide bonds. The van der Waals surface area contributed by atoms with Gasteiger partial charge in [-0.15, -0.1) is 0 Å². The summed E-state index contributed by atoms with van der Waals surface area (Å²) in [6, 6.07) is 6.80. The molecule has 18 heavy (non-hydrogen) atoms. The molecule has 1 aromatic heterocycles. The van der Waals surface area contributed by atoms with E-state index in [4.69, 9.17) is 0 Å². The Balaban J connectivity index is 1.84. The standard InChI is InChI=1S/C15H18N2O/c1-10-3-6-13-11(9-16-14(13)7-10)8-15(18)17(2)12-4-5-12/h3,6-7,9,12,16H,4-5,8H2,1-2H3. The SMILES string of the molecule is Cc1ccc2c(CC(=O)N(C)C3CC3)c[nH]c2c1. The smallest absolute Gasteiger partial charge is 0.227 e. The zero-order valence-electron chi connectivity index (χ0n) is 10.9. The summed E-state index contributed by atoms with van der Waals surface area (Å²) in [7, 11) is 1.92. The van der Waals surface area contributed by atoms with E-state index in [2.05, 4.69) is 30.1 Å². The average Bonchev–Trinajstić information content (AvgIpc) is 3.12. The van der Waals surface area contributed by atoms with Crippen molar-refractivity contribution in [2.75, 3.05) is 7.05 Å². The summed E-state index contributed by atoms with van der Waals surface area (Å²) in [5.74, 6) is 0.221. The molecule has 3 nitrogen and oxygen atoms in total. The highest BCUT2D eigenvalue weighted by Crippen LogP contribution is 2.27. The summed E-state index contributed by atoms with van der Waals surface area (Å²) in [5.41, 5.74) is 3.45. The Morgan fingerprint density at radius 3 is 2.94 bits per heavy atom. The van der Waals surface area contributed by atoms with Crippen LogP contribution in [0.3, 0.4) is 0 Å². The van der Waals surface area contributed by atoms with E-state index in [0.717, 1.165) is 29.3 Å². The molecule has 1 aliphatic rings. The zero-order chi connectivity index (χ0) is 12.7. The number of nitrogens with zero attached hydrogens (tertiary/aromatic N) is 1. The third-order valence-electron chi connectivity index (χ3n) is 3.75. The molecule has 3 rings (SSSR count). The molecule has 1 saturated carbocycles. The molecule has 0 atom stereocenters. The fourth-order valence-corrected chi connectivity index (χ4v) is 2.40. The van der Waals surface area contributed by atoms with E-state index in [1.54, 1.807) is 0 Å². The molecular formula is C15H18N2O. The maximum Gasteiger partial charge on any atom is 0.227 e. The van der Waals surface area contributed by atoms with Crippen molar-refractivity contribution in [3.63, 3.8) is 0 Å². The molecule has 2 aromatic rings. The molecule has 1 aromatic carbocycles. The van der Waals surface area contributed by atoms with Gasteiger partial charge in [0.05, 0.1) is 6.42 Å². The van der Waals surface area contributed by atoms with E-state index in [1.165, 1.54) is 5.56 Å². The van der Waals surface area contributed by atoms with Gasteiger partial charge in [0.1, 0.15) is 0 Å². The second kappa shape index (κ2) is 4.16. The number of likely N-dealkylation sites (N-methyl/N-ethyl adjacent to an activating group) is 1. The third kappa shape index (κ3) is 2.01. The molecule has 1 heterocycles. The lowest BCUT2D eigenvalue weighted by Crippen LogP contribution is -2.30. The lowest BCUT2D eigenvalue weighted by molar-refractivity contribution is -0.129. The lowest BCUT2D eigenvalue weighted by atomic mass is 10.1. The van der Waals surface area contributed by atoms with E-state index in [9.17, 15) is 4.79 Å². The van der Waals surface area contributed by atoms with Crippen LogP contribution in [0.2, 0.25) is 0 Å². The summed E-state index contributed by atoms with van der Waals surface area (Å²) in [6.45, 7) is 2.08. The van der Waals surface area contributed by atoms with Crippen molar-refractivity contribution >= 4 is 16.8 Å². The van der Waals surface area contributed by atoms with Crippen LogP contribution in [0, 0.1) is 6.92 Å². The van der Waals surface area contributed by atoms with E-state index in [0.29, 0.717) is 12.5 Å². The molecular weight excluding hydrogens is 224 g/mol. The number of carbonyl (C=O) groups is 1. The molecule has 0 bridgehead atoms. The molecule has 0 radical (unpaired) electrons. The van der Waals surface area contributed by atoms with Crippen LogP contribution in [-0.4, -0.2) is 28.9 Å². The summed E-state index contributed by atoms with van der Waals surface area (Å²) in [6.07, 6.45) is 4.78. The first kappa shape index (κ1) is 11.3. The first-order valence-electron chi connectivity index (χ1n) is 6.47. The molecule has 0 saturated heterocycles. The van der Waals surface area contributed by atoms with Gasteiger partial charge in [0, 0.05) is 30.2 Å². The van der Waals surface area contributed by atoms with Gasteiger partial charge in [-0.1, -0.05) is 12.1 Å². The van der Waals surface area contributed by atoms with Crippen LogP contribution in [0.4, 0.5) is 0 Å². The normalized spacial score (nSPS) is 15.0. The van der Waals surface area contributed by atoms with Gasteiger partial charge in [0.15, 0.2) is 0 Å². The van der Waals surface area contributed by atoms with Crippen LogP contribution in [0.1, 0.15) is 24.0 Å². The second-order valence-corrected chi connectivity index (χ2v) is 5.28. The van der Waals surface area contributed by atoms with Crippen LogP contribution in [0.5, 0.6) is 0 Å². The van der Waals surface area contributed by atoms with Gasteiger partial charge in [-0.25, -0.2) is 0 Å². The number of benzene rings is 1. The summed E-state index contributed by atoms with van der Waals surface area (Å²) in [5, 5.41) is 1.16. The predicted octanol–water partition coefficient (Wildman–Crippen LogP) is 2.64. The number of H-pyrrole nitrogens is 1. The van der Waals surface area contributed by atoms with Gasteiger partial charge >= 0.3 is 0 Å². The van der Waals surface area contributed by atoms with Gasteiger partial charge < -0.3 is 9.88 Å². The van der Waals surface area contributed by atoms with Crippen LogP contribution in [0.15, 0.2) is 24.4 Å². The molecule has 1 aliphatic carbocycles. The van der Waals surface area contributed by atoms with Crippen molar-refractivity contribution in [2.24, 2.45) is 0 Å². The number of carbonyl (C=O) groups excluding carboxylic acids is 1. The van der Waals surface area contributed by atoms with Crippen molar-refractivity contribution in [1.82, 2.24) is 9.88 Å². The maximum atomic E-state index is 12.1. The van der Waals surface area contributed by atoms with Crippen molar-refractivity contribution < 1.29 is 4.79 Å². The average molecular weight is 242 g/mol. The van der Waals surface area contributed by atoms with Crippen LogP contribution in [-0.2, 0) is 11.2 Å². The van der Waals surface area contributed by atoms with E-state index in [-0.39, 0.29) is 5.91 Å². The minimum Gasteiger partial charge on any atom is -0.361 e. The molecule has 3 heteroatoms. The highest BCUT2D eigenvalue weighted by Gasteiger charge is 2.29. The third-order valence-corrected chi connectivity index (χ3v) is 3.75. The van der Waals surface area contributed by atoms with Crippen molar-refractivity contribution in [3.05, 3.63) is 35.5 Å². The molecule has 94 valence electrons. The highest BCUT2D eigenvalue weighted by molar-refractivity contribution is 5.89. The Morgan fingerprint density at radius 1 is 1.44 bits per heavy atom. The van der Waals surface area contributed by atoms with Crippen molar-refractivity contribution in [3.8, 4) is 0 Å². The number of aromatic nitrogens is 1. The summed E-state index contributed by atoms with van der Waals surface area (Å²) >= 11 is 0. The van der Waals surface area contributed by atoms with E-state index < -0.39 is 0 Å². The largest absolute Gasteiger partial charge is 0.361 e. The lowest BCUT2D eigenvalue weighted by Gasteiger charge is -2.15. The Labute approximate surface area is 107 Å². The molecule has 0 unspecified atom stereocenters. The fourth-order valence-electron chi connectivity index (χ4n) is 2.40. The number of hydrogen-bond acceptors (Lipinski definition) is 1. The van der Waals surface area contributed by atoms with Gasteiger partial charge in [-0.3, -0.25) is 4.79 Å². The van der Waals surface area contributed by atoms with Gasteiger partial charge in [-0.05, 0) is 37.0 Å². The fraction of sp³-hybridized carbons (Fsp3) is 0.400. The molecule has 0 spiro atoms. The monoisotopic (exact) mass is 242 g/mol. The first-order valence-corrected chi connectivity index (χ1v) is 6.47. The minimum atomic E-state index is 0.221. The van der Waals surface area contributed by atoms with Crippen molar-refractivity contribution in [2.45, 2.75) is 32.2 Å². The molecule has 0 aliphatic heterocycles. The Hall–Kier alpha value is -1.77. The van der Waals surface area contributed by atoms with Gasteiger partial charge in [0.25, 0.3) is 0 Å². The quantitative estimate of drug-likeness (QED) is 0.882. The Morgan fingerprint density at radius 2 is 2.22 bits per heavy atom. The molecule has 1 N–H and O–H groups in total. The predicted molar refractivity (Wildman–Crippen MR) is 72.5 cm³/mol. The summed E-state index contributed by atoms with van der Waals surface area (Å²) in [4.78, 5) is 17.3. The number of aryl methyl sites for hydroxylation is 1. The van der Waals surface area contributed by atoms with Gasteiger partial charge in [0.2, 0.25) is 5.91 Å². The zero-order valence-corrected chi connectivity index (χ0v) is 10.9. The van der Waals surface area contributed by atoms with Crippen molar-refractivity contribution in [1.29, 1.82) is 0 Å². The van der Waals surface area contributed by atoms with Crippen LogP contribution >= 0.6 is 0 Å². The number of aromatic amines is 1. The highest BCUT2D eigenvalue weighted by atomic mass is 16.2. The molecule has 1 fully saturated rings. The van der Waals surface area contributed by atoms with Crippen LogP contribution in [0.25, 0.3) is 10.9 Å². The maximum absolute atomic E-state index is 12.1. The number of rotatable bonds is 3. The number of fused-ring (bicyclic) bond motifs is 1. The number of nitrogens with one attached hydrogen (secondary N) is 1. The Kier molecular flexibility index (Phi) is 2.62. The topological polar surface area (TPSA) is 36.1 Å². The van der Waals surface area contributed by atoms with E-state index >= 15 is 0 Å². The second-order valence-electron chi connectivity index (χ2n) is 5.28. The first-order chi connectivity index (χ1) is 8.65.